The second-order valence-corrected chi connectivity index (χ2v) is 9.98. The van der Waals surface area contributed by atoms with Crippen LogP contribution in [-0.4, -0.2) is 103 Å². The molecule has 1 aromatic carbocycles. The summed E-state index contributed by atoms with van der Waals surface area (Å²) in [5, 5.41) is 2.87. The number of imide groups is 1. The molecule has 35 heavy (non-hydrogen) atoms. The number of amides is 4. The van der Waals surface area contributed by atoms with E-state index in [2.05, 4.69) is 15.1 Å². The second kappa shape index (κ2) is 10.0. The third-order valence-electron chi connectivity index (χ3n) is 7.52. The summed E-state index contributed by atoms with van der Waals surface area (Å²) in [5.74, 6) is 1.16. The fraction of sp³-hybridized carbons (Fsp3) is 0.640. The van der Waals surface area contributed by atoms with Crippen molar-refractivity contribution in [3.8, 4) is 11.5 Å². The zero-order chi connectivity index (χ0) is 24.4. The molecule has 4 amide bonds. The van der Waals surface area contributed by atoms with Crippen molar-refractivity contribution in [1.82, 2.24) is 24.9 Å². The smallest absolute Gasteiger partial charge is 0.326 e. The largest absolute Gasteiger partial charge is 0.486 e. The Labute approximate surface area is 206 Å². The Morgan fingerprint density at radius 3 is 2.29 bits per heavy atom. The molecule has 1 aromatic rings. The van der Waals surface area contributed by atoms with Crippen molar-refractivity contribution in [3.63, 3.8) is 0 Å². The average Bonchev–Trinajstić information content (AvgIpc) is 3.06. The van der Waals surface area contributed by atoms with E-state index in [4.69, 9.17) is 9.47 Å². The first-order chi connectivity index (χ1) is 16.9. The minimum Gasteiger partial charge on any atom is -0.486 e. The molecule has 4 aliphatic rings. The predicted octanol–water partition coefficient (Wildman–Crippen LogP) is 1.20. The molecular formula is C25H35N5O5. The molecule has 0 spiro atoms. The van der Waals surface area contributed by atoms with E-state index in [0.717, 1.165) is 39.0 Å². The first-order valence-electron chi connectivity index (χ1n) is 12.7. The molecule has 10 heteroatoms. The molecule has 0 aromatic heterocycles. The summed E-state index contributed by atoms with van der Waals surface area (Å²) in [6.45, 7) is 7.96. The Morgan fingerprint density at radius 1 is 0.914 bits per heavy atom. The minimum atomic E-state index is -1.16. The van der Waals surface area contributed by atoms with E-state index in [-0.39, 0.29) is 18.5 Å². The quantitative estimate of drug-likeness (QED) is 0.627. The summed E-state index contributed by atoms with van der Waals surface area (Å²) in [6, 6.07) is 4.96. The molecule has 1 atom stereocenters. The van der Waals surface area contributed by atoms with Crippen molar-refractivity contribution in [2.45, 2.75) is 38.1 Å². The highest BCUT2D eigenvalue weighted by molar-refractivity contribution is 6.07. The van der Waals surface area contributed by atoms with Crippen molar-refractivity contribution in [1.29, 1.82) is 0 Å². The molecule has 4 aliphatic heterocycles. The molecule has 5 rings (SSSR count). The summed E-state index contributed by atoms with van der Waals surface area (Å²) in [6.07, 6.45) is 4.60. The van der Waals surface area contributed by atoms with Gasteiger partial charge in [-0.05, 0) is 37.5 Å². The number of carbonyl (C=O) groups excluding carboxylic acids is 3. The molecule has 3 saturated heterocycles. The van der Waals surface area contributed by atoms with Crippen molar-refractivity contribution in [2.24, 2.45) is 0 Å². The lowest BCUT2D eigenvalue weighted by Gasteiger charge is -2.36. The van der Waals surface area contributed by atoms with Crippen LogP contribution in [0.1, 0.15) is 38.2 Å². The first kappa shape index (κ1) is 23.9. The molecule has 190 valence electrons. The molecule has 0 saturated carbocycles. The number of carbonyl (C=O) groups is 3. The van der Waals surface area contributed by atoms with E-state index in [1.165, 1.54) is 17.7 Å². The number of rotatable bonds is 5. The van der Waals surface area contributed by atoms with Crippen LogP contribution in [0.15, 0.2) is 18.2 Å². The molecule has 1 N–H and O–H groups in total. The zero-order valence-corrected chi connectivity index (χ0v) is 20.5. The summed E-state index contributed by atoms with van der Waals surface area (Å²) in [5.41, 5.74) is -0.492. The Bertz CT molecular complexity index is 971. The Morgan fingerprint density at radius 2 is 1.57 bits per heavy atom. The lowest BCUT2D eigenvalue weighted by molar-refractivity contribution is -0.133. The maximum atomic E-state index is 13.4. The summed E-state index contributed by atoms with van der Waals surface area (Å²) < 4.78 is 11.2. The van der Waals surface area contributed by atoms with Gasteiger partial charge >= 0.3 is 6.03 Å². The number of nitrogens with one attached hydrogen (secondary N) is 1. The number of fused-ring (bicyclic) bond motifs is 1. The highest BCUT2D eigenvalue weighted by Gasteiger charge is 2.49. The predicted molar refractivity (Wildman–Crippen MR) is 128 cm³/mol. The van der Waals surface area contributed by atoms with Crippen LogP contribution < -0.4 is 14.8 Å². The van der Waals surface area contributed by atoms with Crippen LogP contribution in [0.5, 0.6) is 11.5 Å². The highest BCUT2D eigenvalue weighted by atomic mass is 16.6. The van der Waals surface area contributed by atoms with Gasteiger partial charge in [-0.3, -0.25) is 19.4 Å². The van der Waals surface area contributed by atoms with Gasteiger partial charge in [0.15, 0.2) is 11.5 Å². The molecule has 0 unspecified atom stereocenters. The third-order valence-corrected chi connectivity index (χ3v) is 7.52. The van der Waals surface area contributed by atoms with Gasteiger partial charge in [0, 0.05) is 39.3 Å². The number of benzene rings is 1. The highest BCUT2D eigenvalue weighted by Crippen LogP contribution is 2.36. The van der Waals surface area contributed by atoms with Crippen LogP contribution in [0.3, 0.4) is 0 Å². The number of nitrogens with zero attached hydrogens (tertiary/aromatic N) is 4. The van der Waals surface area contributed by atoms with Gasteiger partial charge in [-0.1, -0.05) is 18.9 Å². The van der Waals surface area contributed by atoms with E-state index in [9.17, 15) is 14.4 Å². The Kier molecular flexibility index (Phi) is 6.84. The van der Waals surface area contributed by atoms with Crippen LogP contribution in [-0.2, 0) is 15.1 Å². The topological polar surface area (TPSA) is 94.7 Å². The summed E-state index contributed by atoms with van der Waals surface area (Å²) >= 11 is 0. The van der Waals surface area contributed by atoms with Gasteiger partial charge in [0.05, 0.1) is 13.2 Å². The van der Waals surface area contributed by atoms with E-state index in [1.807, 2.05) is 4.90 Å². The van der Waals surface area contributed by atoms with Gasteiger partial charge in [-0.25, -0.2) is 9.69 Å². The van der Waals surface area contributed by atoms with Crippen molar-refractivity contribution in [3.05, 3.63) is 23.8 Å². The molecular weight excluding hydrogens is 450 g/mol. The van der Waals surface area contributed by atoms with Gasteiger partial charge in [-0.15, -0.1) is 0 Å². The maximum Gasteiger partial charge on any atom is 0.326 e. The van der Waals surface area contributed by atoms with Crippen molar-refractivity contribution < 1.29 is 23.9 Å². The van der Waals surface area contributed by atoms with Gasteiger partial charge in [0.2, 0.25) is 5.91 Å². The van der Waals surface area contributed by atoms with Gasteiger partial charge in [-0.2, -0.15) is 0 Å². The van der Waals surface area contributed by atoms with E-state index >= 15 is 0 Å². The fourth-order valence-corrected chi connectivity index (χ4v) is 5.28. The monoisotopic (exact) mass is 485 g/mol. The lowest BCUT2D eigenvalue weighted by atomic mass is 9.91. The van der Waals surface area contributed by atoms with Gasteiger partial charge in [0.25, 0.3) is 5.91 Å². The molecule has 0 bridgehead atoms. The van der Waals surface area contributed by atoms with Crippen molar-refractivity contribution >= 4 is 17.8 Å². The number of hydrogen-bond acceptors (Lipinski definition) is 7. The number of ether oxygens (including phenoxy) is 2. The van der Waals surface area contributed by atoms with Gasteiger partial charge < -0.3 is 19.7 Å². The number of hydrogen-bond donors (Lipinski definition) is 1. The third kappa shape index (κ3) is 4.95. The van der Waals surface area contributed by atoms with E-state index in [1.54, 1.807) is 25.1 Å². The number of piperazine rings is 1. The van der Waals surface area contributed by atoms with Crippen LogP contribution >= 0.6 is 0 Å². The average molecular weight is 486 g/mol. The van der Waals surface area contributed by atoms with E-state index < -0.39 is 11.6 Å². The van der Waals surface area contributed by atoms with Crippen LogP contribution in [0.25, 0.3) is 0 Å². The van der Waals surface area contributed by atoms with Crippen LogP contribution in [0.4, 0.5) is 4.79 Å². The standard InChI is InChI=1S/C25H35N5O5/c1-25(19-6-7-20-21(16-19)35-15-14-34-20)23(32)30(24(33)26-25)18-28-12-10-27(11-13-28)17-22(31)29-8-4-2-3-5-9-29/h6-7,16H,2-5,8-15,17-18H2,1H3,(H,26,33)/t25-/m0/s1. The summed E-state index contributed by atoms with van der Waals surface area (Å²) in [4.78, 5) is 46.4. The summed E-state index contributed by atoms with van der Waals surface area (Å²) in [7, 11) is 0. The molecule has 10 nitrogen and oxygen atoms in total. The fourth-order valence-electron chi connectivity index (χ4n) is 5.28. The molecule has 0 aliphatic carbocycles. The lowest BCUT2D eigenvalue weighted by Crippen LogP contribution is -2.53. The number of urea groups is 1. The Balaban J connectivity index is 1.16. The molecule has 4 heterocycles. The van der Waals surface area contributed by atoms with Crippen molar-refractivity contribution in [2.75, 3.05) is 65.7 Å². The Hall–Kier alpha value is -2.85. The zero-order valence-electron chi connectivity index (χ0n) is 20.5. The SMILES string of the molecule is C[C@@]1(c2ccc3c(c2)OCCO3)NC(=O)N(CN2CCN(CC(=O)N3CCCCCC3)CC2)C1=O. The molecule has 0 radical (unpaired) electrons. The molecule has 3 fully saturated rings. The van der Waals surface area contributed by atoms with E-state index in [0.29, 0.717) is 49.9 Å². The van der Waals surface area contributed by atoms with Crippen LogP contribution in [0.2, 0.25) is 0 Å². The maximum absolute atomic E-state index is 13.4. The second-order valence-electron chi connectivity index (χ2n) is 9.98. The van der Waals surface area contributed by atoms with Gasteiger partial charge in [0.1, 0.15) is 18.8 Å². The first-order valence-corrected chi connectivity index (χ1v) is 12.7. The number of likely N-dealkylation sites (tertiary alicyclic amines) is 1. The normalized spacial score (nSPS) is 26.0. The minimum absolute atomic E-state index is 0.213. The van der Waals surface area contributed by atoms with Crippen LogP contribution in [0, 0.1) is 0 Å².